The number of rotatable bonds is 9. The van der Waals surface area contributed by atoms with E-state index in [1.54, 1.807) is 38.1 Å². The number of aryl methyl sites for hydroxylation is 1. The van der Waals surface area contributed by atoms with Crippen molar-refractivity contribution in [3.8, 4) is 5.75 Å². The quantitative estimate of drug-likeness (QED) is 0.628. The summed E-state index contributed by atoms with van der Waals surface area (Å²) >= 11 is 0. The SMILES string of the molecule is Cc1ccc(NC(=O)C(C)N(C)CCCOc2cccc(S(C)(=O)=O)c2)cc1F. The van der Waals surface area contributed by atoms with Crippen molar-refractivity contribution in [3.05, 3.63) is 53.8 Å². The van der Waals surface area contributed by atoms with Crippen LogP contribution in [0.1, 0.15) is 18.9 Å². The molecule has 0 spiro atoms. The highest BCUT2D eigenvalue weighted by atomic mass is 32.2. The van der Waals surface area contributed by atoms with Crippen LogP contribution in [0.5, 0.6) is 5.75 Å². The second-order valence-electron chi connectivity index (χ2n) is 7.06. The summed E-state index contributed by atoms with van der Waals surface area (Å²) in [5.41, 5.74) is 0.947. The van der Waals surface area contributed by atoms with Gasteiger partial charge in [-0.25, -0.2) is 12.8 Å². The number of sulfone groups is 1. The minimum absolute atomic E-state index is 0.213. The summed E-state index contributed by atoms with van der Waals surface area (Å²) in [5, 5.41) is 2.72. The number of halogens is 1. The molecule has 8 heteroatoms. The van der Waals surface area contributed by atoms with Crippen LogP contribution >= 0.6 is 0 Å². The molecule has 0 aliphatic heterocycles. The molecule has 0 radical (unpaired) electrons. The first-order valence-corrected chi connectivity index (χ1v) is 11.2. The molecule has 0 saturated heterocycles. The Kier molecular flexibility index (Phi) is 7.75. The molecule has 158 valence electrons. The van der Waals surface area contributed by atoms with E-state index in [2.05, 4.69) is 5.32 Å². The number of nitrogens with zero attached hydrogens (tertiary/aromatic N) is 1. The lowest BCUT2D eigenvalue weighted by molar-refractivity contribution is -0.120. The van der Waals surface area contributed by atoms with Crippen molar-refractivity contribution in [3.63, 3.8) is 0 Å². The van der Waals surface area contributed by atoms with Crippen molar-refractivity contribution in [2.24, 2.45) is 0 Å². The average molecular weight is 423 g/mol. The first-order chi connectivity index (χ1) is 13.6. The zero-order valence-electron chi connectivity index (χ0n) is 17.1. The van der Waals surface area contributed by atoms with E-state index in [0.29, 0.717) is 36.6 Å². The summed E-state index contributed by atoms with van der Waals surface area (Å²) in [4.78, 5) is 14.5. The Balaban J connectivity index is 1.80. The zero-order valence-corrected chi connectivity index (χ0v) is 17.9. The van der Waals surface area contributed by atoms with Crippen molar-refractivity contribution >= 4 is 21.4 Å². The second kappa shape index (κ2) is 9.84. The number of nitrogens with one attached hydrogen (secondary N) is 1. The minimum atomic E-state index is -3.28. The van der Waals surface area contributed by atoms with Gasteiger partial charge in [0.15, 0.2) is 9.84 Å². The Morgan fingerprint density at radius 1 is 1.24 bits per heavy atom. The van der Waals surface area contributed by atoms with E-state index in [0.717, 1.165) is 6.26 Å². The van der Waals surface area contributed by atoms with Gasteiger partial charge in [0.2, 0.25) is 5.91 Å². The molecule has 0 bridgehead atoms. The molecule has 0 aromatic heterocycles. The fourth-order valence-corrected chi connectivity index (χ4v) is 3.27. The Morgan fingerprint density at radius 3 is 2.62 bits per heavy atom. The minimum Gasteiger partial charge on any atom is -0.494 e. The first kappa shape index (κ1) is 22.8. The third-order valence-electron chi connectivity index (χ3n) is 4.64. The van der Waals surface area contributed by atoms with Gasteiger partial charge in [0.05, 0.1) is 17.5 Å². The standard InChI is InChI=1S/C21H27FN2O4S/c1-15-9-10-17(13-20(15)22)23-21(25)16(2)24(3)11-6-12-28-18-7-5-8-19(14-18)29(4,26)27/h5,7-10,13-14,16H,6,11-12H2,1-4H3,(H,23,25). The fraction of sp³-hybridized carbons (Fsp3) is 0.381. The number of likely N-dealkylation sites (N-methyl/N-ethyl adjacent to an activating group) is 1. The van der Waals surface area contributed by atoms with E-state index in [4.69, 9.17) is 4.74 Å². The van der Waals surface area contributed by atoms with Crippen molar-refractivity contribution in [1.82, 2.24) is 4.90 Å². The number of anilines is 1. The maximum Gasteiger partial charge on any atom is 0.241 e. The van der Waals surface area contributed by atoms with Gasteiger partial charge in [-0.05, 0) is 63.2 Å². The van der Waals surface area contributed by atoms with Gasteiger partial charge in [-0.2, -0.15) is 0 Å². The number of carbonyl (C=O) groups excluding carboxylic acids is 1. The molecule has 2 aromatic carbocycles. The molecule has 0 heterocycles. The van der Waals surface area contributed by atoms with Crippen LogP contribution < -0.4 is 10.1 Å². The molecule has 1 N–H and O–H groups in total. The van der Waals surface area contributed by atoms with Crippen molar-refractivity contribution in [2.75, 3.05) is 31.8 Å². The van der Waals surface area contributed by atoms with Gasteiger partial charge in [0.25, 0.3) is 0 Å². The Bertz CT molecular complexity index is 963. The highest BCUT2D eigenvalue weighted by Gasteiger charge is 2.18. The molecule has 29 heavy (non-hydrogen) atoms. The van der Waals surface area contributed by atoms with E-state index < -0.39 is 15.9 Å². The number of amides is 1. The maximum absolute atomic E-state index is 13.6. The number of hydrogen-bond donors (Lipinski definition) is 1. The van der Waals surface area contributed by atoms with E-state index >= 15 is 0 Å². The molecular weight excluding hydrogens is 395 g/mol. The summed E-state index contributed by atoms with van der Waals surface area (Å²) in [6, 6.07) is 10.5. The summed E-state index contributed by atoms with van der Waals surface area (Å²) in [5.74, 6) is -0.0961. The monoisotopic (exact) mass is 422 g/mol. The molecule has 2 aromatic rings. The van der Waals surface area contributed by atoms with Crippen LogP contribution in [0, 0.1) is 12.7 Å². The number of carbonyl (C=O) groups is 1. The van der Waals surface area contributed by atoms with E-state index in [1.807, 2.05) is 11.9 Å². The van der Waals surface area contributed by atoms with Gasteiger partial charge in [0.1, 0.15) is 11.6 Å². The normalized spacial score (nSPS) is 12.6. The van der Waals surface area contributed by atoms with Crippen molar-refractivity contribution in [2.45, 2.75) is 31.2 Å². The third kappa shape index (κ3) is 6.83. The predicted octanol–water partition coefficient (Wildman–Crippen LogP) is 3.27. The van der Waals surface area contributed by atoms with E-state index in [1.165, 1.54) is 18.2 Å². The van der Waals surface area contributed by atoms with Crippen LogP contribution in [-0.2, 0) is 14.6 Å². The summed E-state index contributed by atoms with van der Waals surface area (Å²) in [7, 11) is -1.45. The molecule has 1 amide bonds. The lowest BCUT2D eigenvalue weighted by Gasteiger charge is -2.24. The van der Waals surface area contributed by atoms with Crippen LogP contribution in [0.15, 0.2) is 47.4 Å². The Hall–Kier alpha value is -2.45. The Labute approximate surface area is 171 Å². The smallest absolute Gasteiger partial charge is 0.241 e. The highest BCUT2D eigenvalue weighted by Crippen LogP contribution is 2.18. The Morgan fingerprint density at radius 2 is 1.97 bits per heavy atom. The molecule has 1 atom stereocenters. The number of hydrogen-bond acceptors (Lipinski definition) is 5. The summed E-state index contributed by atoms with van der Waals surface area (Å²) in [6.07, 6.45) is 1.80. The van der Waals surface area contributed by atoms with Gasteiger partial charge < -0.3 is 10.1 Å². The van der Waals surface area contributed by atoms with Crippen LogP contribution in [0.3, 0.4) is 0 Å². The fourth-order valence-electron chi connectivity index (χ4n) is 2.61. The van der Waals surface area contributed by atoms with E-state index in [-0.39, 0.29) is 16.6 Å². The van der Waals surface area contributed by atoms with Crippen LogP contribution in [0.4, 0.5) is 10.1 Å². The predicted molar refractivity (Wildman–Crippen MR) is 112 cm³/mol. The van der Waals surface area contributed by atoms with Gasteiger partial charge >= 0.3 is 0 Å². The molecule has 0 aliphatic carbocycles. The lowest BCUT2D eigenvalue weighted by atomic mass is 10.2. The van der Waals surface area contributed by atoms with Crippen LogP contribution in [-0.4, -0.2) is 51.7 Å². The number of ether oxygens (including phenoxy) is 1. The van der Waals surface area contributed by atoms with Crippen molar-refractivity contribution < 1.29 is 22.3 Å². The molecule has 2 rings (SSSR count). The number of benzene rings is 2. The van der Waals surface area contributed by atoms with Gasteiger partial charge in [-0.3, -0.25) is 9.69 Å². The highest BCUT2D eigenvalue weighted by molar-refractivity contribution is 7.90. The molecule has 0 fully saturated rings. The van der Waals surface area contributed by atoms with Gasteiger partial charge in [-0.15, -0.1) is 0 Å². The molecule has 1 unspecified atom stereocenters. The second-order valence-corrected chi connectivity index (χ2v) is 9.07. The third-order valence-corrected chi connectivity index (χ3v) is 5.75. The van der Waals surface area contributed by atoms with Crippen LogP contribution in [0.25, 0.3) is 0 Å². The summed E-state index contributed by atoms with van der Waals surface area (Å²) < 4.78 is 42.4. The zero-order chi connectivity index (χ0) is 21.6. The molecular formula is C21H27FN2O4S. The molecule has 0 aliphatic rings. The van der Waals surface area contributed by atoms with Gasteiger partial charge in [-0.1, -0.05) is 12.1 Å². The topological polar surface area (TPSA) is 75.7 Å². The maximum atomic E-state index is 13.6. The molecule has 0 saturated carbocycles. The van der Waals surface area contributed by atoms with Crippen LogP contribution in [0.2, 0.25) is 0 Å². The molecule has 6 nitrogen and oxygen atoms in total. The average Bonchev–Trinajstić information content (AvgIpc) is 2.67. The van der Waals surface area contributed by atoms with Crippen molar-refractivity contribution in [1.29, 1.82) is 0 Å². The largest absolute Gasteiger partial charge is 0.494 e. The first-order valence-electron chi connectivity index (χ1n) is 9.28. The lowest BCUT2D eigenvalue weighted by Crippen LogP contribution is -2.40. The van der Waals surface area contributed by atoms with Gasteiger partial charge in [0, 0.05) is 18.5 Å². The van der Waals surface area contributed by atoms with E-state index in [9.17, 15) is 17.6 Å². The summed E-state index contributed by atoms with van der Waals surface area (Å²) in [6.45, 7) is 4.42.